The van der Waals surface area contributed by atoms with E-state index < -0.39 is 0 Å². The zero-order valence-electron chi connectivity index (χ0n) is 7.76. The minimum absolute atomic E-state index is 0.294. The fraction of sp³-hybridized carbons (Fsp3) is 0.455. The topological polar surface area (TPSA) is 0 Å². The fourth-order valence-electron chi connectivity index (χ4n) is 0.986. The van der Waals surface area contributed by atoms with E-state index in [9.17, 15) is 4.39 Å². The maximum absolute atomic E-state index is 12.1. The highest BCUT2D eigenvalue weighted by molar-refractivity contribution is 6.30. The second-order valence-electron chi connectivity index (χ2n) is 3.29. The van der Waals surface area contributed by atoms with Crippen LogP contribution in [0.15, 0.2) is 24.3 Å². The summed E-state index contributed by atoms with van der Waals surface area (Å²) in [6, 6.07) is 5.82. The molecule has 0 bridgehead atoms. The van der Waals surface area contributed by atoms with Crippen molar-refractivity contribution in [2.45, 2.75) is 26.2 Å². The second-order valence-corrected chi connectivity index (χ2v) is 3.73. The van der Waals surface area contributed by atoms with Crippen molar-refractivity contribution in [1.82, 2.24) is 0 Å². The summed E-state index contributed by atoms with van der Waals surface area (Å²) in [5.74, 6) is 0.840. The first-order valence-electron chi connectivity index (χ1n) is 4.63. The Bertz CT molecular complexity index is 239. The Morgan fingerprint density at radius 1 is 1.46 bits per heavy atom. The lowest BCUT2D eigenvalue weighted by molar-refractivity contribution is 0.628. The van der Waals surface area contributed by atoms with Gasteiger partial charge >= 0.3 is 0 Å². The molecule has 1 aromatic rings. The third-order valence-electron chi connectivity index (χ3n) is 2.06. The van der Waals surface area contributed by atoms with Crippen LogP contribution in [-0.4, -0.2) is 0 Å². The minimum Gasteiger partial charge on any atom is -0.207 e. The first kappa shape index (κ1) is 10.5. The second kappa shape index (κ2) is 5.23. The normalized spacial score (nSPS) is 14.7. The Hall–Kier alpha value is -0.560. The summed E-state index contributed by atoms with van der Waals surface area (Å²) in [5, 5.41) is 0.435. The SMILES string of the molecule is CCC1CC1.Fc1cccc(Cl)c1. The summed E-state index contributed by atoms with van der Waals surface area (Å²) in [4.78, 5) is 0. The number of hydrogen-bond acceptors (Lipinski definition) is 0. The number of halogens is 2. The third kappa shape index (κ3) is 4.89. The monoisotopic (exact) mass is 200 g/mol. The van der Waals surface area contributed by atoms with Gasteiger partial charge in [0.05, 0.1) is 0 Å². The number of hydrogen-bond donors (Lipinski definition) is 0. The Morgan fingerprint density at radius 2 is 2.15 bits per heavy atom. The van der Waals surface area contributed by atoms with Gasteiger partial charge in [-0.1, -0.05) is 43.9 Å². The van der Waals surface area contributed by atoms with Gasteiger partial charge in [-0.3, -0.25) is 0 Å². The van der Waals surface area contributed by atoms with Gasteiger partial charge in [0, 0.05) is 5.02 Å². The quantitative estimate of drug-likeness (QED) is 0.635. The average molecular weight is 201 g/mol. The van der Waals surface area contributed by atoms with Crippen molar-refractivity contribution in [3.05, 3.63) is 35.1 Å². The molecule has 0 saturated heterocycles. The van der Waals surface area contributed by atoms with Gasteiger partial charge in [0.2, 0.25) is 0 Å². The van der Waals surface area contributed by atoms with E-state index in [1.54, 1.807) is 12.1 Å². The summed E-state index contributed by atoms with van der Waals surface area (Å²) in [6.45, 7) is 2.26. The van der Waals surface area contributed by atoms with Crippen molar-refractivity contribution in [3.8, 4) is 0 Å². The maximum atomic E-state index is 12.1. The Kier molecular flexibility index (Phi) is 4.23. The number of rotatable bonds is 1. The smallest absolute Gasteiger partial charge is 0.124 e. The van der Waals surface area contributed by atoms with Crippen LogP contribution in [-0.2, 0) is 0 Å². The molecule has 13 heavy (non-hydrogen) atoms. The molecule has 2 rings (SSSR count). The highest BCUT2D eigenvalue weighted by atomic mass is 35.5. The van der Waals surface area contributed by atoms with Crippen LogP contribution in [0.25, 0.3) is 0 Å². The molecule has 0 heterocycles. The van der Waals surface area contributed by atoms with E-state index in [2.05, 4.69) is 6.92 Å². The Balaban J connectivity index is 0.000000145. The van der Waals surface area contributed by atoms with Crippen molar-refractivity contribution in [2.75, 3.05) is 0 Å². The largest absolute Gasteiger partial charge is 0.207 e. The molecule has 72 valence electrons. The zero-order chi connectivity index (χ0) is 9.68. The summed E-state index contributed by atoms with van der Waals surface area (Å²) < 4.78 is 12.1. The van der Waals surface area contributed by atoms with Gasteiger partial charge < -0.3 is 0 Å². The Labute approximate surface area is 83.7 Å². The molecule has 0 nitrogen and oxygen atoms in total. The molecular formula is C11H14ClF. The third-order valence-corrected chi connectivity index (χ3v) is 2.30. The lowest BCUT2D eigenvalue weighted by atomic mass is 10.3. The van der Waals surface area contributed by atoms with E-state index in [0.29, 0.717) is 5.02 Å². The summed E-state index contributed by atoms with van der Waals surface area (Å²) >= 11 is 5.40. The minimum atomic E-state index is -0.294. The number of benzene rings is 1. The summed E-state index contributed by atoms with van der Waals surface area (Å²) in [5.41, 5.74) is 0. The molecule has 0 spiro atoms. The molecule has 1 saturated carbocycles. The summed E-state index contributed by atoms with van der Waals surface area (Å²) in [7, 11) is 0. The molecule has 2 heteroatoms. The van der Waals surface area contributed by atoms with Crippen LogP contribution < -0.4 is 0 Å². The predicted molar refractivity (Wildman–Crippen MR) is 54.4 cm³/mol. The first-order valence-corrected chi connectivity index (χ1v) is 5.01. The standard InChI is InChI=1S/C6H4ClF.C5H10/c7-5-2-1-3-6(8)4-5;1-2-5-3-4-5/h1-4H;5H,2-4H2,1H3. The van der Waals surface area contributed by atoms with Crippen LogP contribution in [0, 0.1) is 11.7 Å². The van der Waals surface area contributed by atoms with Crippen LogP contribution in [0.2, 0.25) is 5.02 Å². The first-order chi connectivity index (χ1) is 6.22. The average Bonchev–Trinajstić information content (AvgIpc) is 2.87. The highest BCUT2D eigenvalue weighted by Crippen LogP contribution is 2.31. The molecule has 0 N–H and O–H groups in total. The molecular weight excluding hydrogens is 187 g/mol. The zero-order valence-corrected chi connectivity index (χ0v) is 8.52. The van der Waals surface area contributed by atoms with Crippen molar-refractivity contribution in [2.24, 2.45) is 5.92 Å². The van der Waals surface area contributed by atoms with Crippen LogP contribution in [0.4, 0.5) is 4.39 Å². The Morgan fingerprint density at radius 3 is 2.38 bits per heavy atom. The van der Waals surface area contributed by atoms with Gasteiger partial charge in [-0.25, -0.2) is 4.39 Å². The lowest BCUT2D eigenvalue weighted by Crippen LogP contribution is -1.68. The predicted octanol–water partition coefficient (Wildman–Crippen LogP) is 4.29. The molecule has 0 aliphatic heterocycles. The van der Waals surface area contributed by atoms with Gasteiger partial charge in [0.25, 0.3) is 0 Å². The van der Waals surface area contributed by atoms with Crippen molar-refractivity contribution in [3.63, 3.8) is 0 Å². The van der Waals surface area contributed by atoms with Crippen LogP contribution in [0.3, 0.4) is 0 Å². The van der Waals surface area contributed by atoms with Crippen molar-refractivity contribution in [1.29, 1.82) is 0 Å². The molecule has 0 radical (unpaired) electrons. The van der Waals surface area contributed by atoms with E-state index in [0.717, 1.165) is 5.92 Å². The van der Waals surface area contributed by atoms with Gasteiger partial charge in [-0.2, -0.15) is 0 Å². The van der Waals surface area contributed by atoms with E-state index >= 15 is 0 Å². The van der Waals surface area contributed by atoms with E-state index in [1.165, 1.54) is 31.4 Å². The molecule has 1 aliphatic rings. The maximum Gasteiger partial charge on any atom is 0.124 e. The molecule has 0 amide bonds. The van der Waals surface area contributed by atoms with Gasteiger partial charge in [0.1, 0.15) is 5.82 Å². The lowest BCUT2D eigenvalue weighted by Gasteiger charge is -1.85. The van der Waals surface area contributed by atoms with E-state index in [4.69, 9.17) is 11.6 Å². The van der Waals surface area contributed by atoms with Crippen molar-refractivity contribution >= 4 is 11.6 Å². The van der Waals surface area contributed by atoms with E-state index in [1.807, 2.05) is 0 Å². The molecule has 1 aromatic carbocycles. The van der Waals surface area contributed by atoms with E-state index in [-0.39, 0.29) is 5.82 Å². The van der Waals surface area contributed by atoms with Crippen LogP contribution in [0.5, 0.6) is 0 Å². The van der Waals surface area contributed by atoms with Crippen LogP contribution >= 0.6 is 11.6 Å². The highest BCUT2D eigenvalue weighted by Gasteiger charge is 2.17. The molecule has 0 aromatic heterocycles. The van der Waals surface area contributed by atoms with Gasteiger partial charge in [-0.05, 0) is 24.1 Å². The summed E-state index contributed by atoms with van der Waals surface area (Å²) in [6.07, 6.45) is 4.44. The van der Waals surface area contributed by atoms with Gasteiger partial charge in [0.15, 0.2) is 0 Å². The molecule has 1 fully saturated rings. The van der Waals surface area contributed by atoms with Gasteiger partial charge in [-0.15, -0.1) is 0 Å². The molecule has 0 unspecified atom stereocenters. The van der Waals surface area contributed by atoms with Crippen LogP contribution in [0.1, 0.15) is 26.2 Å². The fourth-order valence-corrected chi connectivity index (χ4v) is 1.16. The molecule has 0 atom stereocenters. The molecule has 1 aliphatic carbocycles. The van der Waals surface area contributed by atoms with Crippen molar-refractivity contribution < 1.29 is 4.39 Å².